The number of anilines is 2. The molecule has 0 aliphatic heterocycles. The van der Waals surface area contributed by atoms with Crippen LogP contribution in [0.1, 0.15) is 45.2 Å². The SMILES string of the molecule is [C-]#[N+]c1ccc(Nc2cc(-c3ccc(C(F)(F)F)cc3)cc(C(C)(CC(C)C)C(C)=O)c2)cc1. The van der Waals surface area contributed by atoms with Crippen LogP contribution in [0.25, 0.3) is 16.0 Å². The third kappa shape index (κ3) is 5.66. The van der Waals surface area contributed by atoms with Crippen molar-refractivity contribution in [3.8, 4) is 11.1 Å². The number of hydrogen-bond donors (Lipinski definition) is 1. The van der Waals surface area contributed by atoms with E-state index in [2.05, 4.69) is 24.0 Å². The number of ketones is 1. The Balaban J connectivity index is 2.12. The predicted molar refractivity (Wildman–Crippen MR) is 130 cm³/mol. The highest BCUT2D eigenvalue weighted by atomic mass is 19.4. The summed E-state index contributed by atoms with van der Waals surface area (Å²) >= 11 is 0. The molecule has 0 spiro atoms. The Morgan fingerprint density at radius 1 is 0.912 bits per heavy atom. The molecule has 1 atom stereocenters. The van der Waals surface area contributed by atoms with E-state index in [4.69, 9.17) is 6.57 Å². The molecule has 0 aliphatic carbocycles. The summed E-state index contributed by atoms with van der Waals surface area (Å²) in [6, 6.07) is 17.7. The number of alkyl halides is 3. The van der Waals surface area contributed by atoms with Gasteiger partial charge in [0, 0.05) is 11.4 Å². The van der Waals surface area contributed by atoms with Crippen LogP contribution in [0.15, 0.2) is 66.7 Å². The minimum absolute atomic E-state index is 0.0260. The molecule has 34 heavy (non-hydrogen) atoms. The molecule has 0 bridgehead atoms. The first-order chi connectivity index (χ1) is 15.9. The maximum Gasteiger partial charge on any atom is 0.416 e. The average molecular weight is 465 g/mol. The summed E-state index contributed by atoms with van der Waals surface area (Å²) in [7, 11) is 0. The second-order valence-electron chi connectivity index (χ2n) is 9.14. The van der Waals surface area contributed by atoms with Crippen LogP contribution in [0.2, 0.25) is 0 Å². The molecular formula is C28H27F3N2O. The van der Waals surface area contributed by atoms with Crippen molar-refractivity contribution in [2.75, 3.05) is 5.32 Å². The highest BCUT2D eigenvalue weighted by Crippen LogP contribution is 2.38. The van der Waals surface area contributed by atoms with Crippen molar-refractivity contribution in [3.05, 3.63) is 89.3 Å². The van der Waals surface area contributed by atoms with Gasteiger partial charge in [-0.1, -0.05) is 44.2 Å². The summed E-state index contributed by atoms with van der Waals surface area (Å²) in [5, 5.41) is 3.31. The number of hydrogen-bond acceptors (Lipinski definition) is 2. The molecule has 3 rings (SSSR count). The Morgan fingerprint density at radius 2 is 1.53 bits per heavy atom. The number of carbonyl (C=O) groups excluding carboxylic acids is 1. The van der Waals surface area contributed by atoms with Crippen molar-refractivity contribution in [3.63, 3.8) is 0 Å². The van der Waals surface area contributed by atoms with Gasteiger partial charge >= 0.3 is 6.18 Å². The third-order valence-electron chi connectivity index (χ3n) is 5.99. The second-order valence-corrected chi connectivity index (χ2v) is 9.14. The number of Topliss-reactive ketones (excluding diaryl/α,β-unsaturated/α-hetero) is 1. The van der Waals surface area contributed by atoms with Crippen LogP contribution in [0.3, 0.4) is 0 Å². The summed E-state index contributed by atoms with van der Waals surface area (Å²) < 4.78 is 39.1. The monoisotopic (exact) mass is 464 g/mol. The molecule has 0 heterocycles. The van der Waals surface area contributed by atoms with Gasteiger partial charge in [-0.2, -0.15) is 13.2 Å². The van der Waals surface area contributed by atoms with E-state index in [1.54, 1.807) is 31.2 Å². The molecule has 6 heteroatoms. The zero-order valence-corrected chi connectivity index (χ0v) is 19.6. The lowest BCUT2D eigenvalue weighted by molar-refractivity contribution is -0.137. The molecule has 3 aromatic rings. The molecule has 0 aromatic heterocycles. The van der Waals surface area contributed by atoms with Crippen LogP contribution in [0.5, 0.6) is 0 Å². The first-order valence-corrected chi connectivity index (χ1v) is 11.0. The van der Waals surface area contributed by atoms with Crippen LogP contribution in [0, 0.1) is 12.5 Å². The summed E-state index contributed by atoms with van der Waals surface area (Å²) in [6.45, 7) is 14.7. The fourth-order valence-corrected chi connectivity index (χ4v) is 4.10. The van der Waals surface area contributed by atoms with E-state index < -0.39 is 17.2 Å². The molecule has 3 nitrogen and oxygen atoms in total. The van der Waals surface area contributed by atoms with Gasteiger partial charge in [-0.25, -0.2) is 4.85 Å². The quantitative estimate of drug-likeness (QED) is 0.355. The van der Waals surface area contributed by atoms with Crippen LogP contribution in [-0.4, -0.2) is 5.78 Å². The average Bonchev–Trinajstić information content (AvgIpc) is 2.78. The van der Waals surface area contributed by atoms with Gasteiger partial charge in [0.25, 0.3) is 0 Å². The molecule has 0 aliphatic rings. The molecule has 0 saturated carbocycles. The fourth-order valence-electron chi connectivity index (χ4n) is 4.10. The van der Waals surface area contributed by atoms with Gasteiger partial charge in [-0.05, 0) is 79.3 Å². The van der Waals surface area contributed by atoms with Gasteiger partial charge in [0.15, 0.2) is 5.69 Å². The Labute approximate surface area is 198 Å². The van der Waals surface area contributed by atoms with E-state index in [0.29, 0.717) is 28.9 Å². The molecule has 3 aromatic carbocycles. The van der Waals surface area contributed by atoms with Crippen molar-refractivity contribution in [1.29, 1.82) is 0 Å². The lowest BCUT2D eigenvalue weighted by Gasteiger charge is -2.30. The van der Waals surface area contributed by atoms with Crippen LogP contribution in [-0.2, 0) is 16.4 Å². The van der Waals surface area contributed by atoms with Crippen molar-refractivity contribution < 1.29 is 18.0 Å². The van der Waals surface area contributed by atoms with Crippen LogP contribution in [0.4, 0.5) is 30.2 Å². The topological polar surface area (TPSA) is 33.5 Å². The number of rotatable bonds is 7. The summed E-state index contributed by atoms with van der Waals surface area (Å²) in [4.78, 5) is 16.2. The van der Waals surface area contributed by atoms with Gasteiger partial charge in [0.05, 0.1) is 17.6 Å². The van der Waals surface area contributed by atoms with Gasteiger partial charge in [0.2, 0.25) is 0 Å². The first-order valence-electron chi connectivity index (χ1n) is 11.0. The molecule has 1 unspecified atom stereocenters. The van der Waals surface area contributed by atoms with E-state index in [1.165, 1.54) is 12.1 Å². The molecular weight excluding hydrogens is 437 g/mol. The predicted octanol–water partition coefficient (Wildman–Crippen LogP) is 8.56. The Morgan fingerprint density at radius 3 is 2.03 bits per heavy atom. The minimum atomic E-state index is -4.41. The minimum Gasteiger partial charge on any atom is -0.356 e. The van der Waals surface area contributed by atoms with Crippen molar-refractivity contribution in [2.24, 2.45) is 5.92 Å². The lowest BCUT2D eigenvalue weighted by Crippen LogP contribution is -2.32. The number of carbonyl (C=O) groups is 1. The number of halogens is 3. The smallest absolute Gasteiger partial charge is 0.356 e. The Hall–Kier alpha value is -3.59. The summed E-state index contributed by atoms with van der Waals surface area (Å²) in [6.07, 6.45) is -3.77. The van der Waals surface area contributed by atoms with E-state index in [-0.39, 0.29) is 11.7 Å². The van der Waals surface area contributed by atoms with Crippen LogP contribution < -0.4 is 5.32 Å². The number of nitrogens with one attached hydrogen (secondary N) is 1. The maximum absolute atomic E-state index is 13.0. The number of nitrogens with zero attached hydrogens (tertiary/aromatic N) is 1. The van der Waals surface area contributed by atoms with Crippen molar-refractivity contribution >= 4 is 22.8 Å². The van der Waals surface area contributed by atoms with E-state index in [0.717, 1.165) is 23.4 Å². The largest absolute Gasteiger partial charge is 0.416 e. The molecule has 0 amide bonds. The summed E-state index contributed by atoms with van der Waals surface area (Å²) in [5.74, 6) is 0.291. The highest BCUT2D eigenvalue weighted by molar-refractivity contribution is 5.89. The zero-order chi connectivity index (χ0) is 25.1. The van der Waals surface area contributed by atoms with Gasteiger partial charge in [0.1, 0.15) is 5.78 Å². The van der Waals surface area contributed by atoms with Gasteiger partial charge in [-0.15, -0.1) is 0 Å². The van der Waals surface area contributed by atoms with Crippen molar-refractivity contribution in [1.82, 2.24) is 0 Å². The zero-order valence-electron chi connectivity index (χ0n) is 19.6. The van der Waals surface area contributed by atoms with Crippen molar-refractivity contribution in [2.45, 2.75) is 45.7 Å². The fraction of sp³-hybridized carbons (Fsp3) is 0.286. The molecule has 0 saturated heterocycles. The van der Waals surface area contributed by atoms with Gasteiger partial charge < -0.3 is 5.32 Å². The second kappa shape index (κ2) is 9.72. The third-order valence-corrected chi connectivity index (χ3v) is 5.99. The van der Waals surface area contributed by atoms with E-state index >= 15 is 0 Å². The molecule has 1 N–H and O–H groups in total. The van der Waals surface area contributed by atoms with Gasteiger partial charge in [-0.3, -0.25) is 4.79 Å². The highest BCUT2D eigenvalue weighted by Gasteiger charge is 2.34. The molecule has 0 fully saturated rings. The maximum atomic E-state index is 13.0. The van der Waals surface area contributed by atoms with E-state index in [1.807, 2.05) is 25.1 Å². The number of benzene rings is 3. The Bertz CT molecular complexity index is 1210. The lowest BCUT2D eigenvalue weighted by atomic mass is 9.72. The Kier molecular flexibility index (Phi) is 7.16. The van der Waals surface area contributed by atoms with Crippen LogP contribution >= 0.6 is 0 Å². The first kappa shape index (κ1) is 25.0. The summed E-state index contributed by atoms with van der Waals surface area (Å²) in [5.41, 5.74) is 2.66. The molecule has 176 valence electrons. The molecule has 0 radical (unpaired) electrons. The van der Waals surface area contributed by atoms with E-state index in [9.17, 15) is 18.0 Å². The standard InChI is InChI=1S/C28H27F3N2O/c1-18(2)17-27(4,19(3)34)23-14-21(20-6-8-22(9-7-20)28(29,30)31)15-26(16-23)33-25-12-10-24(32-5)11-13-25/h6-16,18,33H,17H2,1-4H3. The normalized spacial score (nSPS) is 13.3.